The molecule has 4 aromatic rings. The zero-order chi connectivity index (χ0) is 23.8. The molecular formula is C23H18ClF2N3O3S. The normalized spacial score (nSPS) is 11.6. The van der Waals surface area contributed by atoms with Crippen molar-refractivity contribution in [1.29, 1.82) is 0 Å². The number of carbonyl (C=O) groups is 1. The average molecular weight is 490 g/mol. The Morgan fingerprint density at radius 1 is 1.12 bits per heavy atom. The SMILES string of the molecule is CCCS(=O)(=O)Nc1ccc(F)c(C(=O)c2c[nH]c3ncc(-c4ccc(F)cc4)cc23)c1Cl. The Kier molecular flexibility index (Phi) is 6.18. The summed E-state index contributed by atoms with van der Waals surface area (Å²) in [6.07, 6.45) is 3.33. The van der Waals surface area contributed by atoms with Crippen LogP contribution < -0.4 is 4.72 Å². The number of aromatic amines is 1. The highest BCUT2D eigenvalue weighted by Gasteiger charge is 2.25. The molecule has 0 atom stereocenters. The first kappa shape index (κ1) is 22.9. The summed E-state index contributed by atoms with van der Waals surface area (Å²) in [4.78, 5) is 20.5. The molecule has 0 aliphatic rings. The third-order valence-corrected chi connectivity index (χ3v) is 6.88. The van der Waals surface area contributed by atoms with Gasteiger partial charge in [0.25, 0.3) is 0 Å². The number of H-pyrrole nitrogens is 1. The number of halogens is 3. The summed E-state index contributed by atoms with van der Waals surface area (Å²) in [5.74, 6) is -2.16. The zero-order valence-corrected chi connectivity index (χ0v) is 18.9. The van der Waals surface area contributed by atoms with E-state index in [9.17, 15) is 22.0 Å². The number of ketones is 1. The van der Waals surface area contributed by atoms with E-state index in [2.05, 4.69) is 14.7 Å². The maximum absolute atomic E-state index is 14.7. The molecule has 0 aliphatic carbocycles. The Hall–Kier alpha value is -3.30. The summed E-state index contributed by atoms with van der Waals surface area (Å²) in [7, 11) is -3.70. The van der Waals surface area contributed by atoms with Gasteiger partial charge >= 0.3 is 0 Å². The number of hydrogen-bond donors (Lipinski definition) is 2. The van der Waals surface area contributed by atoms with Crippen molar-refractivity contribution in [3.05, 3.63) is 82.6 Å². The predicted molar refractivity (Wildman–Crippen MR) is 124 cm³/mol. The Bertz CT molecular complexity index is 1470. The molecule has 2 N–H and O–H groups in total. The van der Waals surface area contributed by atoms with E-state index < -0.39 is 27.2 Å². The van der Waals surface area contributed by atoms with Crippen LogP contribution >= 0.6 is 11.6 Å². The lowest BCUT2D eigenvalue weighted by Crippen LogP contribution is -2.17. The van der Waals surface area contributed by atoms with Gasteiger partial charge < -0.3 is 4.98 Å². The number of fused-ring (bicyclic) bond motifs is 1. The summed E-state index contributed by atoms with van der Waals surface area (Å²) < 4.78 is 54.5. The molecule has 4 rings (SSSR count). The van der Waals surface area contributed by atoms with E-state index in [1.165, 1.54) is 24.4 Å². The Morgan fingerprint density at radius 2 is 1.85 bits per heavy atom. The van der Waals surface area contributed by atoms with Crippen molar-refractivity contribution in [3.63, 3.8) is 0 Å². The van der Waals surface area contributed by atoms with Crippen molar-refractivity contribution in [1.82, 2.24) is 9.97 Å². The maximum atomic E-state index is 14.7. The first-order valence-corrected chi connectivity index (χ1v) is 12.0. The van der Waals surface area contributed by atoms with E-state index in [4.69, 9.17) is 11.6 Å². The highest BCUT2D eigenvalue weighted by atomic mass is 35.5. The van der Waals surface area contributed by atoms with Gasteiger partial charge in [-0.25, -0.2) is 22.2 Å². The molecule has 0 amide bonds. The lowest BCUT2D eigenvalue weighted by molar-refractivity contribution is 0.103. The predicted octanol–water partition coefficient (Wildman–Crippen LogP) is 5.54. The van der Waals surface area contributed by atoms with Crippen molar-refractivity contribution in [2.45, 2.75) is 13.3 Å². The lowest BCUT2D eigenvalue weighted by Gasteiger charge is -2.12. The quantitative estimate of drug-likeness (QED) is 0.333. The van der Waals surface area contributed by atoms with Crippen molar-refractivity contribution in [2.75, 3.05) is 10.5 Å². The van der Waals surface area contributed by atoms with Gasteiger partial charge in [0.2, 0.25) is 10.0 Å². The number of nitrogens with zero attached hydrogens (tertiary/aromatic N) is 1. The number of hydrogen-bond acceptors (Lipinski definition) is 4. The van der Waals surface area contributed by atoms with Crippen LogP contribution in [0.5, 0.6) is 0 Å². The van der Waals surface area contributed by atoms with Crippen LogP contribution in [-0.2, 0) is 10.0 Å². The van der Waals surface area contributed by atoms with Crippen LogP contribution in [-0.4, -0.2) is 29.9 Å². The standard InChI is InChI=1S/C23H18ClF2N3O3S/c1-2-9-33(31,32)29-19-8-7-18(26)20(21(19)24)22(30)17-12-28-23-16(17)10-14(11-27-23)13-3-5-15(25)6-4-13/h3-8,10-12,29H,2,9H2,1H3,(H,27,28). The molecule has 0 aliphatic heterocycles. The molecule has 0 fully saturated rings. The maximum Gasteiger partial charge on any atom is 0.232 e. The first-order valence-electron chi connectivity index (χ1n) is 9.96. The second kappa shape index (κ2) is 8.92. The Labute approximate surface area is 193 Å². The Morgan fingerprint density at radius 3 is 2.55 bits per heavy atom. The van der Waals surface area contributed by atoms with Gasteiger partial charge in [0.1, 0.15) is 17.3 Å². The van der Waals surface area contributed by atoms with Crippen LogP contribution in [0.3, 0.4) is 0 Å². The second-order valence-electron chi connectivity index (χ2n) is 7.36. The molecule has 0 spiro atoms. The number of nitrogens with one attached hydrogen (secondary N) is 2. The number of anilines is 1. The summed E-state index contributed by atoms with van der Waals surface area (Å²) in [5.41, 5.74) is 1.27. The molecule has 0 saturated heterocycles. The fourth-order valence-corrected chi connectivity index (χ4v) is 4.94. The third kappa shape index (κ3) is 4.60. The van der Waals surface area contributed by atoms with Crippen molar-refractivity contribution < 1.29 is 22.0 Å². The molecule has 0 radical (unpaired) electrons. The van der Waals surface area contributed by atoms with Gasteiger partial charge in [0.05, 0.1) is 22.0 Å². The summed E-state index contributed by atoms with van der Waals surface area (Å²) in [5, 5.41) is 0.0749. The molecule has 170 valence electrons. The van der Waals surface area contributed by atoms with Crippen LogP contribution in [0.4, 0.5) is 14.5 Å². The van der Waals surface area contributed by atoms with Crippen LogP contribution in [0, 0.1) is 11.6 Å². The van der Waals surface area contributed by atoms with E-state index in [1.807, 2.05) is 0 Å². The Balaban J connectivity index is 1.78. The highest BCUT2D eigenvalue weighted by Crippen LogP contribution is 2.33. The van der Waals surface area contributed by atoms with Crippen LogP contribution in [0.1, 0.15) is 29.3 Å². The van der Waals surface area contributed by atoms with Gasteiger partial charge in [-0.15, -0.1) is 0 Å². The van der Waals surface area contributed by atoms with Crippen LogP contribution in [0.25, 0.3) is 22.2 Å². The number of benzene rings is 2. The topological polar surface area (TPSA) is 91.9 Å². The fourth-order valence-electron chi connectivity index (χ4n) is 3.45. The van der Waals surface area contributed by atoms with Crippen molar-refractivity contribution in [3.8, 4) is 11.1 Å². The molecule has 0 bridgehead atoms. The van der Waals surface area contributed by atoms with E-state index in [1.54, 1.807) is 31.3 Å². The lowest BCUT2D eigenvalue weighted by atomic mass is 10.00. The zero-order valence-electron chi connectivity index (χ0n) is 17.3. The van der Waals surface area contributed by atoms with E-state index >= 15 is 0 Å². The molecule has 0 saturated carbocycles. The molecule has 6 nitrogen and oxygen atoms in total. The minimum atomic E-state index is -3.70. The van der Waals surface area contributed by atoms with E-state index in [-0.39, 0.29) is 27.8 Å². The summed E-state index contributed by atoms with van der Waals surface area (Å²) >= 11 is 6.28. The first-order chi connectivity index (χ1) is 15.7. The molecule has 2 aromatic carbocycles. The average Bonchev–Trinajstić information content (AvgIpc) is 3.19. The number of carbonyl (C=O) groups excluding carboxylic acids is 1. The van der Waals surface area contributed by atoms with Crippen LogP contribution in [0.15, 0.2) is 54.9 Å². The van der Waals surface area contributed by atoms with Gasteiger partial charge in [-0.2, -0.15) is 0 Å². The largest absolute Gasteiger partial charge is 0.345 e. The van der Waals surface area contributed by atoms with Gasteiger partial charge in [-0.1, -0.05) is 30.7 Å². The van der Waals surface area contributed by atoms with E-state index in [0.29, 0.717) is 28.6 Å². The van der Waals surface area contributed by atoms with Gasteiger partial charge in [-0.3, -0.25) is 9.52 Å². The van der Waals surface area contributed by atoms with E-state index in [0.717, 1.165) is 6.07 Å². The molecule has 10 heteroatoms. The number of pyridine rings is 1. The summed E-state index contributed by atoms with van der Waals surface area (Å²) in [6.45, 7) is 1.70. The van der Waals surface area contributed by atoms with Crippen LogP contribution in [0.2, 0.25) is 5.02 Å². The number of rotatable bonds is 7. The highest BCUT2D eigenvalue weighted by molar-refractivity contribution is 7.92. The second-order valence-corrected chi connectivity index (χ2v) is 9.58. The summed E-state index contributed by atoms with van der Waals surface area (Å²) in [6, 6.07) is 9.61. The molecule has 2 heterocycles. The van der Waals surface area contributed by atoms with Gasteiger partial charge in [-0.05, 0) is 42.3 Å². The number of sulfonamides is 1. The molecule has 0 unspecified atom stereocenters. The van der Waals surface area contributed by atoms with Gasteiger partial charge in [0, 0.05) is 28.9 Å². The minimum Gasteiger partial charge on any atom is -0.345 e. The molecule has 33 heavy (non-hydrogen) atoms. The van der Waals surface area contributed by atoms with Crippen molar-refractivity contribution in [2.24, 2.45) is 0 Å². The fraction of sp³-hybridized carbons (Fsp3) is 0.130. The third-order valence-electron chi connectivity index (χ3n) is 5.01. The molecular weight excluding hydrogens is 472 g/mol. The van der Waals surface area contributed by atoms with Crippen molar-refractivity contribution >= 4 is 44.1 Å². The smallest absolute Gasteiger partial charge is 0.232 e. The minimum absolute atomic E-state index is 0.0835. The monoisotopic (exact) mass is 489 g/mol. The molecule has 2 aromatic heterocycles. The number of aromatic nitrogens is 2. The van der Waals surface area contributed by atoms with Gasteiger partial charge in [0.15, 0.2) is 5.78 Å².